The van der Waals surface area contributed by atoms with Crippen molar-refractivity contribution >= 4 is 10.9 Å². The molecule has 21 heavy (non-hydrogen) atoms. The second kappa shape index (κ2) is 5.00. The third kappa shape index (κ3) is 2.14. The van der Waals surface area contributed by atoms with Gasteiger partial charge in [0.2, 0.25) is 0 Å². The van der Waals surface area contributed by atoms with Crippen molar-refractivity contribution in [3.8, 4) is 0 Å². The number of hydrogen-bond donors (Lipinski definition) is 1. The van der Waals surface area contributed by atoms with E-state index in [-0.39, 0.29) is 0 Å². The first-order valence-corrected chi connectivity index (χ1v) is 7.52. The van der Waals surface area contributed by atoms with E-state index < -0.39 is 0 Å². The highest BCUT2D eigenvalue weighted by molar-refractivity contribution is 5.84. The lowest BCUT2D eigenvalue weighted by Gasteiger charge is -2.26. The fraction of sp³-hybridized carbons (Fsp3) is 0.375. The van der Waals surface area contributed by atoms with Crippen LogP contribution in [0.15, 0.2) is 30.6 Å². The van der Waals surface area contributed by atoms with E-state index in [4.69, 9.17) is 0 Å². The van der Waals surface area contributed by atoms with Crippen LogP contribution in [-0.2, 0) is 26.1 Å². The Hall–Kier alpha value is -2.14. The van der Waals surface area contributed by atoms with Gasteiger partial charge in [-0.15, -0.1) is 0 Å². The minimum atomic E-state index is 0.868. The predicted molar refractivity (Wildman–Crippen MR) is 81.8 cm³/mol. The van der Waals surface area contributed by atoms with Crippen molar-refractivity contribution in [2.75, 3.05) is 6.54 Å². The zero-order chi connectivity index (χ0) is 14.2. The van der Waals surface area contributed by atoms with Crippen molar-refractivity contribution in [1.29, 1.82) is 0 Å². The van der Waals surface area contributed by atoms with E-state index in [1.54, 1.807) is 6.33 Å². The second-order valence-electron chi connectivity index (χ2n) is 5.58. The van der Waals surface area contributed by atoms with Crippen LogP contribution in [0.1, 0.15) is 24.0 Å². The Kier molecular flexibility index (Phi) is 3.00. The molecule has 0 bridgehead atoms. The van der Waals surface area contributed by atoms with Crippen molar-refractivity contribution in [2.24, 2.45) is 0 Å². The molecule has 4 rings (SSSR count). The summed E-state index contributed by atoms with van der Waals surface area (Å²) in [6.45, 7) is 5.90. The summed E-state index contributed by atoms with van der Waals surface area (Å²) < 4.78 is 1.98. The largest absolute Gasteiger partial charge is 0.358 e. The van der Waals surface area contributed by atoms with Crippen molar-refractivity contribution < 1.29 is 0 Å². The summed E-state index contributed by atoms with van der Waals surface area (Å²) in [5.41, 5.74) is 4.09. The molecule has 1 aromatic carbocycles. The van der Waals surface area contributed by atoms with Crippen LogP contribution in [0.25, 0.3) is 10.9 Å². The highest BCUT2D eigenvalue weighted by atomic mass is 15.3. The van der Waals surface area contributed by atoms with Gasteiger partial charge in [0, 0.05) is 42.7 Å². The zero-order valence-electron chi connectivity index (χ0n) is 12.2. The molecule has 0 radical (unpaired) electrons. The van der Waals surface area contributed by atoms with Crippen molar-refractivity contribution in [2.45, 2.75) is 33.0 Å². The van der Waals surface area contributed by atoms with E-state index in [2.05, 4.69) is 51.2 Å². The summed E-state index contributed by atoms with van der Waals surface area (Å²) >= 11 is 0. The molecule has 0 unspecified atom stereocenters. The fourth-order valence-electron chi connectivity index (χ4n) is 3.23. The van der Waals surface area contributed by atoms with Crippen molar-refractivity contribution in [1.82, 2.24) is 24.6 Å². The number of aromatic amines is 1. The van der Waals surface area contributed by atoms with E-state index in [1.165, 1.54) is 22.2 Å². The molecule has 2 aromatic heterocycles. The van der Waals surface area contributed by atoms with Gasteiger partial charge in [0.05, 0.1) is 6.54 Å². The molecule has 1 aliphatic heterocycles. The summed E-state index contributed by atoms with van der Waals surface area (Å²) in [7, 11) is 0. The molecule has 0 fully saturated rings. The van der Waals surface area contributed by atoms with Gasteiger partial charge in [0.25, 0.3) is 0 Å². The first kappa shape index (κ1) is 12.6. The Morgan fingerprint density at radius 3 is 3.10 bits per heavy atom. The third-order valence-corrected chi connectivity index (χ3v) is 4.32. The topological polar surface area (TPSA) is 49.7 Å². The third-order valence-electron chi connectivity index (χ3n) is 4.32. The van der Waals surface area contributed by atoms with Gasteiger partial charge in [0.15, 0.2) is 0 Å². The molecule has 1 N–H and O–H groups in total. The van der Waals surface area contributed by atoms with Crippen LogP contribution in [0, 0.1) is 0 Å². The lowest BCUT2D eigenvalue weighted by Crippen LogP contribution is -2.31. The van der Waals surface area contributed by atoms with Gasteiger partial charge in [-0.1, -0.05) is 18.2 Å². The molecule has 5 heteroatoms. The van der Waals surface area contributed by atoms with Gasteiger partial charge in [0.1, 0.15) is 12.2 Å². The summed E-state index contributed by atoms with van der Waals surface area (Å²) in [4.78, 5) is 10.4. The van der Waals surface area contributed by atoms with E-state index in [9.17, 15) is 0 Å². The molecule has 0 amide bonds. The van der Waals surface area contributed by atoms with Crippen LogP contribution >= 0.6 is 0 Å². The van der Waals surface area contributed by atoms with Gasteiger partial charge in [-0.2, -0.15) is 5.10 Å². The number of aromatic nitrogens is 4. The minimum Gasteiger partial charge on any atom is -0.358 e. The monoisotopic (exact) mass is 281 g/mol. The van der Waals surface area contributed by atoms with Gasteiger partial charge in [-0.25, -0.2) is 9.67 Å². The number of hydrogen-bond acceptors (Lipinski definition) is 3. The number of H-pyrrole nitrogens is 1. The summed E-state index contributed by atoms with van der Waals surface area (Å²) in [6.07, 6.45) is 2.73. The Balaban J connectivity index is 1.61. The Bertz CT molecular complexity index is 770. The Morgan fingerprint density at radius 2 is 2.19 bits per heavy atom. The lowest BCUT2D eigenvalue weighted by atomic mass is 10.0. The molecule has 5 nitrogen and oxygen atoms in total. The Morgan fingerprint density at radius 1 is 1.29 bits per heavy atom. The number of para-hydroxylation sites is 1. The number of aryl methyl sites for hydroxylation is 1. The molecule has 0 saturated carbocycles. The fourth-order valence-corrected chi connectivity index (χ4v) is 3.23. The minimum absolute atomic E-state index is 0.868. The summed E-state index contributed by atoms with van der Waals surface area (Å²) in [6, 6.07) is 8.57. The first-order chi connectivity index (χ1) is 10.3. The average molecular weight is 281 g/mol. The van der Waals surface area contributed by atoms with E-state index in [0.29, 0.717) is 0 Å². The van der Waals surface area contributed by atoms with Crippen molar-refractivity contribution in [3.05, 3.63) is 47.7 Å². The first-order valence-electron chi connectivity index (χ1n) is 7.52. The normalized spacial score (nSPS) is 15.5. The molecule has 0 spiro atoms. The number of nitrogens with one attached hydrogen (secondary N) is 1. The molecule has 3 aromatic rings. The molecular formula is C16H19N5. The lowest BCUT2D eigenvalue weighted by molar-refractivity contribution is 0.235. The van der Waals surface area contributed by atoms with Crippen LogP contribution in [0.3, 0.4) is 0 Å². The highest BCUT2D eigenvalue weighted by Gasteiger charge is 2.21. The van der Waals surface area contributed by atoms with Crippen LogP contribution in [-0.4, -0.2) is 31.2 Å². The average Bonchev–Trinajstić information content (AvgIpc) is 3.11. The molecule has 1 aliphatic rings. The molecule has 108 valence electrons. The quantitative estimate of drug-likeness (QED) is 0.801. The standard InChI is InChI=1S/C16H19N5/c1-2-21-16(17-11-18-21)10-20-8-7-15-13(9-20)12-5-3-4-6-14(12)19-15/h3-6,11,19H,2,7-10H2,1H3. The maximum atomic E-state index is 4.39. The highest BCUT2D eigenvalue weighted by Crippen LogP contribution is 2.27. The summed E-state index contributed by atoms with van der Waals surface area (Å²) in [5.74, 6) is 1.06. The molecule has 0 aliphatic carbocycles. The van der Waals surface area contributed by atoms with E-state index >= 15 is 0 Å². The van der Waals surface area contributed by atoms with Gasteiger partial charge in [-0.05, 0) is 18.6 Å². The van der Waals surface area contributed by atoms with Gasteiger partial charge >= 0.3 is 0 Å². The molecule has 3 heterocycles. The summed E-state index contributed by atoms with van der Waals surface area (Å²) in [5, 5.41) is 5.61. The number of rotatable bonds is 3. The van der Waals surface area contributed by atoms with Crippen LogP contribution in [0.2, 0.25) is 0 Å². The van der Waals surface area contributed by atoms with Crippen molar-refractivity contribution in [3.63, 3.8) is 0 Å². The maximum Gasteiger partial charge on any atom is 0.141 e. The number of benzene rings is 1. The van der Waals surface area contributed by atoms with E-state index in [0.717, 1.165) is 38.4 Å². The van der Waals surface area contributed by atoms with Crippen LogP contribution in [0.4, 0.5) is 0 Å². The van der Waals surface area contributed by atoms with Crippen LogP contribution in [0.5, 0.6) is 0 Å². The SMILES string of the molecule is CCn1ncnc1CN1CCc2[nH]c3ccccc3c2C1. The second-order valence-corrected chi connectivity index (χ2v) is 5.58. The van der Waals surface area contributed by atoms with Crippen LogP contribution < -0.4 is 0 Å². The predicted octanol–water partition coefficient (Wildman–Crippen LogP) is 2.34. The van der Waals surface area contributed by atoms with Gasteiger partial charge in [-0.3, -0.25) is 4.90 Å². The Labute approximate surface area is 123 Å². The molecule has 0 saturated heterocycles. The zero-order valence-corrected chi connectivity index (χ0v) is 12.2. The number of nitrogens with zero attached hydrogens (tertiary/aromatic N) is 4. The smallest absolute Gasteiger partial charge is 0.141 e. The maximum absolute atomic E-state index is 4.39. The number of fused-ring (bicyclic) bond motifs is 3. The molecular weight excluding hydrogens is 262 g/mol. The van der Waals surface area contributed by atoms with Gasteiger partial charge < -0.3 is 4.98 Å². The molecule has 0 atom stereocenters. The van der Waals surface area contributed by atoms with E-state index in [1.807, 2.05) is 4.68 Å².